The Kier molecular flexibility index (Phi) is 4.54. The van der Waals surface area contributed by atoms with Gasteiger partial charge < -0.3 is 10.3 Å². The van der Waals surface area contributed by atoms with Gasteiger partial charge in [0.1, 0.15) is 11.6 Å². The van der Waals surface area contributed by atoms with Crippen LogP contribution < -0.4 is 5.73 Å². The Bertz CT molecular complexity index is 412. The highest BCUT2D eigenvalue weighted by atomic mass is 15.2. The molecule has 2 N–H and O–H groups in total. The Hall–Kier alpha value is -0.990. The van der Waals surface area contributed by atoms with E-state index < -0.39 is 0 Å². The summed E-state index contributed by atoms with van der Waals surface area (Å²) in [5.41, 5.74) is 7.59. The molecular weight excluding hydrogens is 234 g/mol. The maximum atomic E-state index is 6.40. The third-order valence-electron chi connectivity index (χ3n) is 4.44. The molecule has 0 aromatic carbocycles. The summed E-state index contributed by atoms with van der Waals surface area (Å²) in [6.07, 6.45) is 7.32. The molecule has 1 aliphatic carbocycles. The van der Waals surface area contributed by atoms with Gasteiger partial charge in [0, 0.05) is 18.4 Å². The molecule has 1 aromatic rings. The van der Waals surface area contributed by atoms with Crippen LogP contribution in [0.15, 0.2) is 0 Å². The smallest absolute Gasteiger partial charge is 0.127 e. The van der Waals surface area contributed by atoms with Crippen molar-refractivity contribution in [1.29, 1.82) is 0 Å². The lowest BCUT2D eigenvalue weighted by atomic mass is 9.81. The zero-order valence-electron chi connectivity index (χ0n) is 12.9. The van der Waals surface area contributed by atoms with Gasteiger partial charge in [0.05, 0.1) is 5.69 Å². The summed E-state index contributed by atoms with van der Waals surface area (Å²) in [5, 5.41) is 0. The maximum Gasteiger partial charge on any atom is 0.127 e. The molecule has 3 heteroatoms. The van der Waals surface area contributed by atoms with E-state index in [-0.39, 0.29) is 0 Å². The number of hydrogen-bond acceptors (Lipinski definition) is 2. The highest BCUT2D eigenvalue weighted by Gasteiger charge is 2.26. The minimum Gasteiger partial charge on any atom is -0.384 e. The molecule has 2 rings (SSSR count). The number of imidazole rings is 1. The van der Waals surface area contributed by atoms with Crippen LogP contribution in [0.4, 0.5) is 5.82 Å². The van der Waals surface area contributed by atoms with Crippen LogP contribution in [0.25, 0.3) is 0 Å². The van der Waals surface area contributed by atoms with Crippen LogP contribution in [0, 0.1) is 5.92 Å². The fourth-order valence-electron chi connectivity index (χ4n) is 3.32. The molecule has 1 aromatic heterocycles. The van der Waals surface area contributed by atoms with Crippen LogP contribution in [-0.2, 0) is 6.42 Å². The Balaban J connectivity index is 2.28. The molecule has 0 unspecified atom stereocenters. The highest BCUT2D eigenvalue weighted by Crippen LogP contribution is 2.38. The summed E-state index contributed by atoms with van der Waals surface area (Å²) < 4.78 is 2.25. The summed E-state index contributed by atoms with van der Waals surface area (Å²) in [6, 6.07) is 0.408. The lowest BCUT2D eigenvalue weighted by Gasteiger charge is -2.25. The van der Waals surface area contributed by atoms with Crippen LogP contribution in [0.2, 0.25) is 0 Å². The maximum absolute atomic E-state index is 6.40. The van der Waals surface area contributed by atoms with Crippen molar-refractivity contribution in [2.24, 2.45) is 5.92 Å². The minimum atomic E-state index is 0.408. The van der Waals surface area contributed by atoms with Crippen molar-refractivity contribution in [2.45, 2.75) is 78.2 Å². The first-order valence-corrected chi connectivity index (χ1v) is 7.91. The van der Waals surface area contributed by atoms with Gasteiger partial charge in [0.15, 0.2) is 0 Å². The molecule has 108 valence electrons. The average molecular weight is 263 g/mol. The zero-order chi connectivity index (χ0) is 14.0. The molecule has 1 aliphatic rings. The molecule has 1 fully saturated rings. The second-order valence-electron chi connectivity index (χ2n) is 6.47. The van der Waals surface area contributed by atoms with Gasteiger partial charge in [-0.05, 0) is 39.0 Å². The third kappa shape index (κ3) is 2.96. The second-order valence-corrected chi connectivity index (χ2v) is 6.47. The predicted molar refractivity (Wildman–Crippen MR) is 81.4 cm³/mol. The second kappa shape index (κ2) is 5.98. The van der Waals surface area contributed by atoms with E-state index in [1.165, 1.54) is 37.2 Å². The summed E-state index contributed by atoms with van der Waals surface area (Å²) in [4.78, 5) is 4.91. The van der Waals surface area contributed by atoms with E-state index in [1.54, 1.807) is 0 Å². The number of aryl methyl sites for hydroxylation is 1. The van der Waals surface area contributed by atoms with E-state index >= 15 is 0 Å². The fourth-order valence-corrected chi connectivity index (χ4v) is 3.32. The van der Waals surface area contributed by atoms with Crippen LogP contribution in [0.3, 0.4) is 0 Å². The lowest BCUT2D eigenvalue weighted by Crippen LogP contribution is -2.13. The van der Waals surface area contributed by atoms with Gasteiger partial charge in [-0.15, -0.1) is 0 Å². The SMILES string of the molecule is CCCc1nc(C2CCC(C)CC2)c(N)n1C(C)C. The topological polar surface area (TPSA) is 43.8 Å². The van der Waals surface area contributed by atoms with Gasteiger partial charge >= 0.3 is 0 Å². The molecule has 1 heterocycles. The molecule has 0 radical (unpaired) electrons. The van der Waals surface area contributed by atoms with Gasteiger partial charge in [-0.1, -0.05) is 26.7 Å². The average Bonchev–Trinajstić information content (AvgIpc) is 2.68. The number of nitrogens with zero attached hydrogens (tertiary/aromatic N) is 2. The summed E-state index contributed by atoms with van der Waals surface area (Å²) in [5.74, 6) is 3.58. The third-order valence-corrected chi connectivity index (χ3v) is 4.44. The molecular formula is C16H29N3. The van der Waals surface area contributed by atoms with Gasteiger partial charge in [-0.2, -0.15) is 0 Å². The van der Waals surface area contributed by atoms with Crippen LogP contribution in [0.1, 0.15) is 83.3 Å². The van der Waals surface area contributed by atoms with E-state index in [4.69, 9.17) is 10.7 Å². The Labute approximate surface area is 117 Å². The molecule has 3 nitrogen and oxygen atoms in total. The van der Waals surface area contributed by atoms with Crippen molar-refractivity contribution in [2.75, 3.05) is 5.73 Å². The molecule has 19 heavy (non-hydrogen) atoms. The first-order chi connectivity index (χ1) is 9.04. The quantitative estimate of drug-likeness (QED) is 0.880. The van der Waals surface area contributed by atoms with Crippen molar-refractivity contribution < 1.29 is 0 Å². The van der Waals surface area contributed by atoms with Crippen LogP contribution >= 0.6 is 0 Å². The number of rotatable bonds is 4. The van der Waals surface area contributed by atoms with E-state index in [0.717, 1.165) is 24.6 Å². The lowest BCUT2D eigenvalue weighted by molar-refractivity contribution is 0.345. The van der Waals surface area contributed by atoms with E-state index in [0.29, 0.717) is 12.0 Å². The molecule has 0 bridgehead atoms. The number of aromatic nitrogens is 2. The monoisotopic (exact) mass is 263 g/mol. The van der Waals surface area contributed by atoms with Gasteiger partial charge in [0.2, 0.25) is 0 Å². The number of nitrogens with two attached hydrogens (primary N) is 1. The molecule has 0 saturated heterocycles. The first kappa shape index (κ1) is 14.4. The van der Waals surface area contributed by atoms with E-state index in [2.05, 4.69) is 32.3 Å². The van der Waals surface area contributed by atoms with Gasteiger partial charge in [0.25, 0.3) is 0 Å². The van der Waals surface area contributed by atoms with Crippen molar-refractivity contribution in [1.82, 2.24) is 9.55 Å². The van der Waals surface area contributed by atoms with Crippen molar-refractivity contribution >= 4 is 5.82 Å². The van der Waals surface area contributed by atoms with Crippen LogP contribution in [-0.4, -0.2) is 9.55 Å². The van der Waals surface area contributed by atoms with E-state index in [9.17, 15) is 0 Å². The zero-order valence-corrected chi connectivity index (χ0v) is 12.9. The predicted octanol–water partition coefficient (Wildman–Crippen LogP) is 4.29. The standard InChI is InChI=1S/C16H29N3/c1-5-6-14-18-15(16(17)19(14)11(2)3)13-9-7-12(4)8-10-13/h11-13H,5-10,17H2,1-4H3. The molecule has 0 aliphatic heterocycles. The largest absolute Gasteiger partial charge is 0.384 e. The highest BCUT2D eigenvalue weighted by molar-refractivity contribution is 5.41. The normalized spacial score (nSPS) is 24.1. The molecule has 1 saturated carbocycles. The number of anilines is 1. The van der Waals surface area contributed by atoms with Crippen molar-refractivity contribution in [3.8, 4) is 0 Å². The van der Waals surface area contributed by atoms with Crippen molar-refractivity contribution in [3.63, 3.8) is 0 Å². The molecule has 0 amide bonds. The summed E-state index contributed by atoms with van der Waals surface area (Å²) in [7, 11) is 0. The van der Waals surface area contributed by atoms with Gasteiger partial charge in [-0.3, -0.25) is 0 Å². The Morgan fingerprint density at radius 1 is 1.26 bits per heavy atom. The summed E-state index contributed by atoms with van der Waals surface area (Å²) >= 11 is 0. The number of nitrogen functional groups attached to an aromatic ring is 1. The number of hydrogen-bond donors (Lipinski definition) is 1. The fraction of sp³-hybridized carbons (Fsp3) is 0.812. The molecule has 0 spiro atoms. The first-order valence-electron chi connectivity index (χ1n) is 7.91. The minimum absolute atomic E-state index is 0.408. The van der Waals surface area contributed by atoms with Crippen LogP contribution in [0.5, 0.6) is 0 Å². The Morgan fingerprint density at radius 3 is 2.42 bits per heavy atom. The summed E-state index contributed by atoms with van der Waals surface area (Å²) in [6.45, 7) is 8.96. The Morgan fingerprint density at radius 2 is 1.89 bits per heavy atom. The van der Waals surface area contributed by atoms with Gasteiger partial charge in [-0.25, -0.2) is 4.98 Å². The van der Waals surface area contributed by atoms with E-state index in [1.807, 2.05) is 0 Å². The molecule has 0 atom stereocenters. The van der Waals surface area contributed by atoms with Crippen molar-refractivity contribution in [3.05, 3.63) is 11.5 Å².